The van der Waals surface area contributed by atoms with Crippen molar-refractivity contribution >= 4 is 11.8 Å². The number of fused-ring (bicyclic) bond motifs is 1. The largest absolute Gasteiger partial charge is 0.449 e. The molecule has 0 bridgehead atoms. The lowest BCUT2D eigenvalue weighted by Crippen LogP contribution is -3.18. The molecular weight excluding hydrogens is 276 g/mol. The van der Waals surface area contributed by atoms with Crippen LogP contribution in [0, 0.1) is 12.8 Å². The summed E-state index contributed by atoms with van der Waals surface area (Å²) >= 11 is 0. The van der Waals surface area contributed by atoms with E-state index in [2.05, 4.69) is 5.32 Å². The summed E-state index contributed by atoms with van der Waals surface area (Å²) in [5, 5.41) is 2.81. The van der Waals surface area contributed by atoms with Crippen molar-refractivity contribution in [3.63, 3.8) is 0 Å². The minimum absolute atomic E-state index is 0.327. The van der Waals surface area contributed by atoms with Crippen molar-refractivity contribution in [2.45, 2.75) is 45.1 Å². The van der Waals surface area contributed by atoms with Gasteiger partial charge in [-0.3, -0.25) is 5.32 Å². The Morgan fingerprint density at radius 2 is 1.95 bits per heavy atom. The Labute approximate surface area is 132 Å². The molecule has 4 heteroatoms. The normalized spacial score (nSPS) is 27.8. The molecule has 120 valence electrons. The molecule has 1 unspecified atom stereocenters. The topological polar surface area (TPSA) is 42.8 Å². The average Bonchev–Trinajstić information content (AvgIpc) is 2.55. The summed E-state index contributed by atoms with van der Waals surface area (Å²) in [6, 6.07) is 8.49. The Morgan fingerprint density at radius 1 is 1.18 bits per heavy atom. The molecule has 3 rings (SSSR count). The number of amides is 1. The number of nitrogens with one attached hydrogen (secondary N) is 2. The zero-order chi connectivity index (χ0) is 15.4. The van der Waals surface area contributed by atoms with Gasteiger partial charge >= 0.3 is 6.09 Å². The summed E-state index contributed by atoms with van der Waals surface area (Å²) in [6.07, 6.45) is 6.12. The van der Waals surface area contributed by atoms with Gasteiger partial charge in [0, 0.05) is 11.6 Å². The number of ether oxygens (including phenoxy) is 1. The Bertz CT molecular complexity index is 498. The molecule has 2 heterocycles. The zero-order valence-corrected chi connectivity index (χ0v) is 13.4. The van der Waals surface area contributed by atoms with E-state index in [1.54, 1.807) is 4.90 Å². The molecule has 22 heavy (non-hydrogen) atoms. The fraction of sp³-hybridized carbons (Fsp3) is 0.611. The van der Waals surface area contributed by atoms with Crippen LogP contribution in [0.25, 0.3) is 0 Å². The number of quaternary nitrogens is 1. The van der Waals surface area contributed by atoms with E-state index < -0.39 is 0 Å². The van der Waals surface area contributed by atoms with Gasteiger partial charge in [0.05, 0.1) is 19.1 Å². The van der Waals surface area contributed by atoms with E-state index in [-0.39, 0.29) is 6.09 Å². The van der Waals surface area contributed by atoms with Crippen LogP contribution in [0.1, 0.15) is 37.7 Å². The second kappa shape index (κ2) is 7.14. The van der Waals surface area contributed by atoms with Crippen LogP contribution in [0.15, 0.2) is 24.3 Å². The summed E-state index contributed by atoms with van der Waals surface area (Å²) in [5.74, 6) is 0.535. The minimum Gasteiger partial charge on any atom is -0.449 e. The zero-order valence-electron chi connectivity index (χ0n) is 13.4. The third-order valence-electron chi connectivity index (χ3n) is 5.16. The fourth-order valence-corrected chi connectivity index (χ4v) is 3.95. The van der Waals surface area contributed by atoms with E-state index in [0.29, 0.717) is 18.6 Å². The molecule has 0 spiro atoms. The average molecular weight is 303 g/mol. The first-order valence-electron chi connectivity index (χ1n) is 8.57. The highest BCUT2D eigenvalue weighted by Gasteiger charge is 2.37. The number of aryl methyl sites for hydroxylation is 1. The van der Waals surface area contributed by atoms with Gasteiger partial charge in [0.15, 0.2) is 0 Å². The fourth-order valence-electron chi connectivity index (χ4n) is 3.95. The Balaban J connectivity index is 1.48. The molecule has 1 amide bonds. The van der Waals surface area contributed by atoms with Crippen molar-refractivity contribution in [3.05, 3.63) is 29.8 Å². The molecule has 0 saturated carbocycles. The molecule has 0 radical (unpaired) electrons. The lowest BCUT2D eigenvalue weighted by Gasteiger charge is -2.40. The molecular formula is C18H27N2O2+. The number of hydrogen-bond donors (Lipinski definition) is 2. The summed E-state index contributed by atoms with van der Waals surface area (Å²) < 4.78 is 5.50. The summed E-state index contributed by atoms with van der Waals surface area (Å²) in [6.45, 7) is 5.20. The number of piperidine rings is 2. The summed E-state index contributed by atoms with van der Waals surface area (Å²) in [7, 11) is 0. The van der Waals surface area contributed by atoms with Crippen molar-refractivity contribution in [1.82, 2.24) is 0 Å². The third kappa shape index (κ3) is 3.80. The number of carbonyl (C=O) groups is 1. The second-order valence-electron chi connectivity index (χ2n) is 6.75. The van der Waals surface area contributed by atoms with Crippen LogP contribution in [0.4, 0.5) is 10.5 Å². The number of rotatable bonds is 3. The van der Waals surface area contributed by atoms with Crippen LogP contribution in [0.3, 0.4) is 0 Å². The summed E-state index contributed by atoms with van der Waals surface area (Å²) in [5.41, 5.74) is 1.98. The number of anilines is 1. The molecule has 2 aliphatic rings. The Morgan fingerprint density at radius 3 is 2.77 bits per heavy atom. The second-order valence-corrected chi connectivity index (χ2v) is 6.75. The lowest BCUT2D eigenvalue weighted by molar-refractivity contribution is -0.940. The van der Waals surface area contributed by atoms with Gasteiger partial charge in [-0.15, -0.1) is 0 Å². The van der Waals surface area contributed by atoms with Crippen molar-refractivity contribution in [2.75, 3.05) is 25.0 Å². The molecule has 2 fully saturated rings. The van der Waals surface area contributed by atoms with Crippen molar-refractivity contribution in [2.24, 2.45) is 5.92 Å². The molecule has 2 saturated heterocycles. The molecule has 1 aromatic carbocycles. The number of carbonyl (C=O) groups excluding carboxylic acids is 1. The van der Waals surface area contributed by atoms with Crippen LogP contribution in [-0.2, 0) is 4.74 Å². The van der Waals surface area contributed by atoms with Gasteiger partial charge in [-0.2, -0.15) is 0 Å². The van der Waals surface area contributed by atoms with E-state index in [1.807, 2.05) is 31.2 Å². The van der Waals surface area contributed by atoms with E-state index in [0.717, 1.165) is 5.69 Å². The van der Waals surface area contributed by atoms with Gasteiger partial charge in [0.25, 0.3) is 0 Å². The maximum absolute atomic E-state index is 12.0. The molecule has 0 aromatic heterocycles. The monoisotopic (exact) mass is 303 g/mol. The Kier molecular flexibility index (Phi) is 4.98. The first kappa shape index (κ1) is 15.3. The third-order valence-corrected chi connectivity index (χ3v) is 5.16. The van der Waals surface area contributed by atoms with E-state index in [9.17, 15) is 4.79 Å². The summed E-state index contributed by atoms with van der Waals surface area (Å²) in [4.78, 5) is 13.7. The first-order valence-corrected chi connectivity index (χ1v) is 8.57. The standard InChI is InChI=1S/C18H26N2O2/c1-14-7-9-16(10-8-14)19-18(21)22-13-15-5-4-12-20-11-3-2-6-17(15)20/h7-10,15,17H,2-6,11-13H2,1H3,(H,19,21)/p+1/t15-,17+/m1/s1. The van der Waals surface area contributed by atoms with Crippen LogP contribution < -0.4 is 10.2 Å². The molecule has 1 aromatic rings. The highest BCUT2D eigenvalue weighted by atomic mass is 16.5. The van der Waals surface area contributed by atoms with Crippen LogP contribution in [-0.4, -0.2) is 31.8 Å². The predicted molar refractivity (Wildman–Crippen MR) is 87.2 cm³/mol. The van der Waals surface area contributed by atoms with E-state index >= 15 is 0 Å². The van der Waals surface area contributed by atoms with Gasteiger partial charge in [0.2, 0.25) is 0 Å². The van der Waals surface area contributed by atoms with Crippen LogP contribution >= 0.6 is 0 Å². The minimum atomic E-state index is -0.327. The van der Waals surface area contributed by atoms with Gasteiger partial charge in [-0.25, -0.2) is 4.79 Å². The highest BCUT2D eigenvalue weighted by Crippen LogP contribution is 2.21. The lowest BCUT2D eigenvalue weighted by atomic mass is 9.84. The molecule has 2 N–H and O–H groups in total. The maximum Gasteiger partial charge on any atom is 0.411 e. The van der Waals surface area contributed by atoms with Crippen molar-refractivity contribution in [3.8, 4) is 0 Å². The van der Waals surface area contributed by atoms with E-state index in [4.69, 9.17) is 4.74 Å². The van der Waals surface area contributed by atoms with Gasteiger partial charge < -0.3 is 9.64 Å². The van der Waals surface area contributed by atoms with Gasteiger partial charge in [-0.1, -0.05) is 17.7 Å². The number of hydrogen-bond acceptors (Lipinski definition) is 2. The quantitative estimate of drug-likeness (QED) is 0.900. The highest BCUT2D eigenvalue weighted by molar-refractivity contribution is 5.84. The molecule has 2 aliphatic heterocycles. The molecule has 3 atom stereocenters. The van der Waals surface area contributed by atoms with Gasteiger partial charge in [-0.05, 0) is 51.2 Å². The molecule has 4 nitrogen and oxygen atoms in total. The Hall–Kier alpha value is -1.55. The van der Waals surface area contributed by atoms with Crippen LogP contribution in [0.2, 0.25) is 0 Å². The SMILES string of the molecule is Cc1ccc(NC(=O)OC[C@H]2CCC[NH+]3CCCC[C@@H]23)cc1. The van der Waals surface area contributed by atoms with Crippen molar-refractivity contribution in [1.29, 1.82) is 0 Å². The molecule has 0 aliphatic carbocycles. The van der Waals surface area contributed by atoms with Gasteiger partial charge in [0.1, 0.15) is 6.61 Å². The predicted octanol–water partition coefficient (Wildman–Crippen LogP) is 2.39. The smallest absolute Gasteiger partial charge is 0.411 e. The van der Waals surface area contributed by atoms with E-state index in [1.165, 1.54) is 50.8 Å². The number of benzene rings is 1. The maximum atomic E-state index is 12.0. The van der Waals surface area contributed by atoms with Crippen molar-refractivity contribution < 1.29 is 14.4 Å². The first-order chi connectivity index (χ1) is 10.7. The van der Waals surface area contributed by atoms with Crippen LogP contribution in [0.5, 0.6) is 0 Å².